The van der Waals surface area contributed by atoms with Crippen LogP contribution in [0.4, 0.5) is 0 Å². The highest BCUT2D eigenvalue weighted by atomic mass is 16.5. The van der Waals surface area contributed by atoms with Crippen LogP contribution in [-0.4, -0.2) is 19.0 Å². The Bertz CT molecular complexity index is 769. The summed E-state index contributed by atoms with van der Waals surface area (Å²) in [5.74, 6) is -0.948. The van der Waals surface area contributed by atoms with Crippen LogP contribution < -0.4 is 5.32 Å². The van der Waals surface area contributed by atoms with Gasteiger partial charge in [-0.2, -0.15) is 0 Å². The van der Waals surface area contributed by atoms with E-state index in [1.165, 1.54) is 7.11 Å². The van der Waals surface area contributed by atoms with Crippen molar-refractivity contribution in [3.8, 4) is 0 Å². The zero-order valence-corrected chi connectivity index (χ0v) is 15.0. The van der Waals surface area contributed by atoms with Crippen LogP contribution >= 0.6 is 0 Å². The van der Waals surface area contributed by atoms with E-state index in [9.17, 15) is 9.59 Å². The number of carbonyl (C=O) groups excluding carboxylic acids is 2. The molecular weight excluding hydrogens is 314 g/mol. The Morgan fingerprint density at radius 2 is 1.56 bits per heavy atom. The van der Waals surface area contributed by atoms with Crippen molar-refractivity contribution in [3.63, 3.8) is 0 Å². The molecule has 2 aromatic rings. The second-order valence-electron chi connectivity index (χ2n) is 6.74. The Balaban J connectivity index is 2.22. The van der Waals surface area contributed by atoms with Crippen molar-refractivity contribution in [2.24, 2.45) is 0 Å². The topological polar surface area (TPSA) is 55.4 Å². The van der Waals surface area contributed by atoms with Crippen LogP contribution in [0, 0.1) is 0 Å². The molecule has 0 heterocycles. The number of amides is 1. The van der Waals surface area contributed by atoms with Crippen LogP contribution in [0.3, 0.4) is 0 Å². The van der Waals surface area contributed by atoms with Crippen LogP contribution in [-0.2, 0) is 14.9 Å². The van der Waals surface area contributed by atoms with Crippen molar-refractivity contribution < 1.29 is 14.3 Å². The summed E-state index contributed by atoms with van der Waals surface area (Å²) in [6.07, 6.45) is 1.59. The lowest BCUT2D eigenvalue weighted by molar-refractivity contribution is -0.136. The molecule has 1 amide bonds. The highest BCUT2D eigenvalue weighted by Gasteiger charge is 2.17. The minimum atomic E-state index is -0.594. The van der Waals surface area contributed by atoms with E-state index in [2.05, 4.69) is 26.1 Å². The summed E-state index contributed by atoms with van der Waals surface area (Å²) in [5, 5.41) is 2.64. The Morgan fingerprint density at radius 3 is 2.08 bits per heavy atom. The van der Waals surface area contributed by atoms with Crippen molar-refractivity contribution in [1.29, 1.82) is 0 Å². The normalized spacial score (nSPS) is 11.8. The second-order valence-corrected chi connectivity index (χ2v) is 6.74. The Morgan fingerprint density at radius 1 is 0.960 bits per heavy atom. The number of hydrogen-bond donors (Lipinski definition) is 1. The van der Waals surface area contributed by atoms with Crippen molar-refractivity contribution in [3.05, 3.63) is 77.0 Å². The molecule has 0 atom stereocenters. The van der Waals surface area contributed by atoms with E-state index in [1.54, 1.807) is 18.2 Å². The zero-order chi connectivity index (χ0) is 18.4. The minimum Gasteiger partial charge on any atom is -0.464 e. The van der Waals surface area contributed by atoms with Crippen LogP contribution in [0.5, 0.6) is 0 Å². The molecule has 0 fully saturated rings. The van der Waals surface area contributed by atoms with Gasteiger partial charge in [-0.25, -0.2) is 4.79 Å². The molecule has 130 valence electrons. The summed E-state index contributed by atoms with van der Waals surface area (Å²) >= 11 is 0. The summed E-state index contributed by atoms with van der Waals surface area (Å²) in [6.45, 7) is 6.33. The smallest absolute Gasteiger partial charge is 0.354 e. The number of esters is 1. The van der Waals surface area contributed by atoms with Gasteiger partial charge in [-0.15, -0.1) is 0 Å². The first kappa shape index (κ1) is 18.5. The van der Waals surface area contributed by atoms with Crippen molar-refractivity contribution in [2.75, 3.05) is 7.11 Å². The third kappa shape index (κ3) is 5.05. The third-order valence-electron chi connectivity index (χ3n) is 3.78. The molecule has 0 saturated heterocycles. The molecule has 25 heavy (non-hydrogen) atoms. The van der Waals surface area contributed by atoms with Gasteiger partial charge < -0.3 is 10.1 Å². The van der Waals surface area contributed by atoms with Gasteiger partial charge >= 0.3 is 5.97 Å². The van der Waals surface area contributed by atoms with Gasteiger partial charge in [0.25, 0.3) is 5.91 Å². The number of ether oxygens (including phenoxy) is 1. The number of methoxy groups -OCH3 is 1. The maximum Gasteiger partial charge on any atom is 0.354 e. The van der Waals surface area contributed by atoms with Crippen molar-refractivity contribution in [2.45, 2.75) is 26.2 Å². The van der Waals surface area contributed by atoms with Gasteiger partial charge in [-0.1, -0.05) is 63.2 Å². The molecule has 2 aromatic carbocycles. The molecule has 2 rings (SSSR count). The molecule has 0 bridgehead atoms. The molecule has 0 aliphatic rings. The number of carbonyl (C=O) groups is 2. The molecule has 0 aliphatic carbocycles. The highest BCUT2D eigenvalue weighted by Crippen LogP contribution is 2.22. The van der Waals surface area contributed by atoms with E-state index >= 15 is 0 Å². The molecule has 1 N–H and O–H groups in total. The minimum absolute atomic E-state index is 0.0133. The Labute approximate surface area is 148 Å². The summed E-state index contributed by atoms with van der Waals surface area (Å²) in [6, 6.07) is 16.6. The van der Waals surface area contributed by atoms with Gasteiger partial charge in [0.05, 0.1) is 7.11 Å². The predicted molar refractivity (Wildman–Crippen MR) is 99.0 cm³/mol. The molecule has 0 spiro atoms. The van der Waals surface area contributed by atoms with E-state index in [0.29, 0.717) is 5.56 Å². The maximum atomic E-state index is 12.5. The second kappa shape index (κ2) is 7.79. The third-order valence-corrected chi connectivity index (χ3v) is 3.78. The SMILES string of the molecule is COC(=O)/C(=C\c1ccccc1)NC(=O)c1ccc(C(C)(C)C)cc1. The van der Waals surface area contributed by atoms with Crippen molar-refractivity contribution in [1.82, 2.24) is 5.32 Å². The molecular formula is C21H23NO3. The fraction of sp³-hybridized carbons (Fsp3) is 0.238. The first-order valence-corrected chi connectivity index (χ1v) is 8.08. The van der Waals surface area contributed by atoms with E-state index in [0.717, 1.165) is 11.1 Å². The van der Waals surface area contributed by atoms with Gasteiger partial charge in [0, 0.05) is 5.56 Å². The fourth-order valence-corrected chi connectivity index (χ4v) is 2.29. The number of benzene rings is 2. The summed E-state index contributed by atoms with van der Waals surface area (Å²) in [4.78, 5) is 24.4. The van der Waals surface area contributed by atoms with Gasteiger partial charge in [0.1, 0.15) is 5.70 Å². The van der Waals surface area contributed by atoms with E-state index in [-0.39, 0.29) is 17.0 Å². The quantitative estimate of drug-likeness (QED) is 0.679. The average molecular weight is 337 g/mol. The highest BCUT2D eigenvalue weighted by molar-refractivity contribution is 6.03. The fourth-order valence-electron chi connectivity index (χ4n) is 2.29. The van der Waals surface area contributed by atoms with Gasteiger partial charge in [0.2, 0.25) is 0 Å². The molecule has 0 radical (unpaired) electrons. The predicted octanol–water partition coefficient (Wildman–Crippen LogP) is 3.93. The molecule has 0 unspecified atom stereocenters. The number of rotatable bonds is 4. The number of nitrogens with one attached hydrogen (secondary N) is 1. The summed E-state index contributed by atoms with van der Waals surface area (Å²) < 4.78 is 4.76. The summed E-state index contributed by atoms with van der Waals surface area (Å²) in [7, 11) is 1.28. The Kier molecular flexibility index (Phi) is 5.75. The average Bonchev–Trinajstić information content (AvgIpc) is 2.60. The zero-order valence-electron chi connectivity index (χ0n) is 15.0. The lowest BCUT2D eigenvalue weighted by atomic mass is 9.87. The first-order valence-electron chi connectivity index (χ1n) is 8.08. The van der Waals surface area contributed by atoms with Crippen LogP contribution in [0.1, 0.15) is 42.3 Å². The molecule has 0 saturated carbocycles. The Hall–Kier alpha value is -2.88. The monoisotopic (exact) mass is 337 g/mol. The van der Waals surface area contributed by atoms with Gasteiger partial charge in [-0.3, -0.25) is 4.79 Å². The molecule has 0 aliphatic heterocycles. The summed E-state index contributed by atoms with van der Waals surface area (Å²) in [5.41, 5.74) is 2.53. The number of hydrogen-bond acceptors (Lipinski definition) is 3. The van der Waals surface area contributed by atoms with E-state index in [4.69, 9.17) is 4.74 Å². The maximum absolute atomic E-state index is 12.5. The van der Waals surface area contributed by atoms with Crippen LogP contribution in [0.2, 0.25) is 0 Å². The van der Waals surface area contributed by atoms with E-state index < -0.39 is 5.97 Å². The lowest BCUT2D eigenvalue weighted by Gasteiger charge is -2.19. The van der Waals surface area contributed by atoms with Gasteiger partial charge in [0.15, 0.2) is 0 Å². The first-order chi connectivity index (χ1) is 11.8. The lowest BCUT2D eigenvalue weighted by Crippen LogP contribution is -2.28. The van der Waals surface area contributed by atoms with Crippen molar-refractivity contribution >= 4 is 18.0 Å². The molecule has 4 nitrogen and oxygen atoms in total. The van der Waals surface area contributed by atoms with Crippen LogP contribution in [0.15, 0.2) is 60.3 Å². The van der Waals surface area contributed by atoms with E-state index in [1.807, 2.05) is 42.5 Å². The standard InChI is InChI=1S/C21H23NO3/c1-21(2,3)17-12-10-16(11-13-17)19(23)22-18(20(24)25-4)14-15-8-6-5-7-9-15/h5-14H,1-4H3,(H,22,23)/b18-14+. The molecule has 4 heteroatoms. The molecule has 0 aromatic heterocycles. The largest absolute Gasteiger partial charge is 0.464 e. The van der Waals surface area contributed by atoms with Gasteiger partial charge in [-0.05, 0) is 34.8 Å². The van der Waals surface area contributed by atoms with Crippen LogP contribution in [0.25, 0.3) is 6.08 Å².